The Balaban J connectivity index is 1.44. The topological polar surface area (TPSA) is 43.9 Å². The Morgan fingerprint density at radius 1 is 1.04 bits per heavy atom. The van der Waals surface area contributed by atoms with Crippen molar-refractivity contribution >= 4 is 11.8 Å². The van der Waals surface area contributed by atoms with Crippen LogP contribution in [0.1, 0.15) is 51.1 Å². The summed E-state index contributed by atoms with van der Waals surface area (Å²) >= 11 is 0. The number of piperidine rings is 2. The maximum atomic E-state index is 12.8. The van der Waals surface area contributed by atoms with Crippen molar-refractivity contribution in [1.82, 2.24) is 14.7 Å². The normalized spacial score (nSPS) is 20.8. The lowest BCUT2D eigenvalue weighted by Crippen LogP contribution is -2.47. The monoisotopic (exact) mass is 385 g/mol. The molecule has 0 aliphatic carbocycles. The van der Waals surface area contributed by atoms with Crippen LogP contribution < -0.4 is 0 Å². The SMILES string of the molecule is CC1CCN(C(=O)C2CCN(CC(=O)N(C)C(C)c3ccccc3)CC2)CC1. The zero-order valence-electron chi connectivity index (χ0n) is 17.6. The average molecular weight is 386 g/mol. The van der Waals surface area contributed by atoms with Crippen molar-refractivity contribution in [3.63, 3.8) is 0 Å². The minimum Gasteiger partial charge on any atom is -0.342 e. The van der Waals surface area contributed by atoms with Gasteiger partial charge in [0, 0.05) is 26.1 Å². The number of rotatable bonds is 5. The molecule has 3 rings (SSSR count). The highest BCUT2D eigenvalue weighted by Crippen LogP contribution is 2.24. The second-order valence-electron chi connectivity index (χ2n) is 8.65. The third-order valence-corrected chi connectivity index (χ3v) is 6.65. The molecule has 154 valence electrons. The first-order chi connectivity index (χ1) is 13.5. The van der Waals surface area contributed by atoms with E-state index in [0.29, 0.717) is 12.5 Å². The Kier molecular flexibility index (Phi) is 7.11. The number of nitrogens with zero attached hydrogens (tertiary/aromatic N) is 3. The number of likely N-dealkylation sites (N-methyl/N-ethyl adjacent to an activating group) is 1. The highest BCUT2D eigenvalue weighted by Gasteiger charge is 2.31. The third-order valence-electron chi connectivity index (χ3n) is 6.65. The second-order valence-corrected chi connectivity index (χ2v) is 8.65. The van der Waals surface area contributed by atoms with E-state index in [4.69, 9.17) is 0 Å². The van der Waals surface area contributed by atoms with Crippen LogP contribution in [0.3, 0.4) is 0 Å². The van der Waals surface area contributed by atoms with Crippen LogP contribution in [-0.4, -0.2) is 66.3 Å². The molecule has 0 aromatic heterocycles. The van der Waals surface area contributed by atoms with E-state index in [1.165, 1.54) is 0 Å². The van der Waals surface area contributed by atoms with Crippen molar-refractivity contribution in [3.05, 3.63) is 35.9 Å². The fourth-order valence-electron chi connectivity index (χ4n) is 4.30. The van der Waals surface area contributed by atoms with Gasteiger partial charge in [0.05, 0.1) is 12.6 Å². The van der Waals surface area contributed by atoms with Crippen LogP contribution in [0.4, 0.5) is 0 Å². The van der Waals surface area contributed by atoms with E-state index in [9.17, 15) is 9.59 Å². The molecule has 5 nitrogen and oxygen atoms in total. The minimum absolute atomic E-state index is 0.0642. The van der Waals surface area contributed by atoms with Gasteiger partial charge >= 0.3 is 0 Å². The molecule has 0 radical (unpaired) electrons. The molecule has 2 aliphatic heterocycles. The van der Waals surface area contributed by atoms with Gasteiger partial charge in [0.15, 0.2) is 0 Å². The van der Waals surface area contributed by atoms with E-state index in [-0.39, 0.29) is 17.9 Å². The van der Waals surface area contributed by atoms with Gasteiger partial charge in [-0.3, -0.25) is 14.5 Å². The van der Waals surface area contributed by atoms with Crippen LogP contribution in [-0.2, 0) is 9.59 Å². The van der Waals surface area contributed by atoms with Gasteiger partial charge in [-0.05, 0) is 57.2 Å². The standard InChI is InChI=1S/C23H35N3O2/c1-18-9-15-26(16-10-18)23(28)21-11-13-25(14-12-21)17-22(27)24(3)19(2)20-7-5-4-6-8-20/h4-8,18-19,21H,9-17H2,1-3H3. The van der Waals surface area contributed by atoms with E-state index in [1.807, 2.05) is 30.1 Å². The van der Waals surface area contributed by atoms with Crippen molar-refractivity contribution in [2.45, 2.75) is 45.6 Å². The molecule has 2 saturated heterocycles. The van der Waals surface area contributed by atoms with E-state index in [2.05, 4.69) is 35.8 Å². The zero-order valence-corrected chi connectivity index (χ0v) is 17.6. The number of likely N-dealkylation sites (tertiary alicyclic amines) is 2. The van der Waals surface area contributed by atoms with Gasteiger partial charge in [-0.15, -0.1) is 0 Å². The molecule has 2 fully saturated rings. The molecule has 1 unspecified atom stereocenters. The minimum atomic E-state index is 0.0642. The van der Waals surface area contributed by atoms with Crippen molar-refractivity contribution in [2.24, 2.45) is 11.8 Å². The Morgan fingerprint density at radius 2 is 1.64 bits per heavy atom. The lowest BCUT2D eigenvalue weighted by Gasteiger charge is -2.37. The lowest BCUT2D eigenvalue weighted by molar-refractivity contribution is -0.138. The number of hydrogen-bond acceptors (Lipinski definition) is 3. The maximum absolute atomic E-state index is 12.8. The lowest BCUT2D eigenvalue weighted by atomic mass is 9.92. The summed E-state index contributed by atoms with van der Waals surface area (Å²) in [5, 5.41) is 0. The Hall–Kier alpha value is -1.88. The van der Waals surface area contributed by atoms with E-state index < -0.39 is 0 Å². The summed E-state index contributed by atoms with van der Waals surface area (Å²) in [6.07, 6.45) is 4.00. The molecule has 5 heteroatoms. The molecule has 0 saturated carbocycles. The smallest absolute Gasteiger partial charge is 0.236 e. The first kappa shape index (κ1) is 20.8. The van der Waals surface area contributed by atoms with Crippen LogP contribution in [0.5, 0.6) is 0 Å². The zero-order chi connectivity index (χ0) is 20.1. The second kappa shape index (κ2) is 9.55. The van der Waals surface area contributed by atoms with Gasteiger partial charge in [-0.25, -0.2) is 0 Å². The summed E-state index contributed by atoms with van der Waals surface area (Å²) in [5.74, 6) is 1.37. The molecule has 1 atom stereocenters. The summed E-state index contributed by atoms with van der Waals surface area (Å²) in [7, 11) is 1.88. The number of amides is 2. The van der Waals surface area contributed by atoms with Gasteiger partial charge in [0.25, 0.3) is 0 Å². The van der Waals surface area contributed by atoms with Crippen LogP contribution in [0.2, 0.25) is 0 Å². The summed E-state index contributed by atoms with van der Waals surface area (Å²) < 4.78 is 0. The molecule has 0 N–H and O–H groups in total. The Bertz CT molecular complexity index is 647. The van der Waals surface area contributed by atoms with Crippen molar-refractivity contribution in [1.29, 1.82) is 0 Å². The van der Waals surface area contributed by atoms with Crippen molar-refractivity contribution < 1.29 is 9.59 Å². The number of benzene rings is 1. The van der Waals surface area contributed by atoms with Crippen LogP contribution in [0.25, 0.3) is 0 Å². The molecular formula is C23H35N3O2. The van der Waals surface area contributed by atoms with Gasteiger partial charge < -0.3 is 9.80 Å². The van der Waals surface area contributed by atoms with Gasteiger partial charge in [-0.1, -0.05) is 37.3 Å². The molecule has 2 heterocycles. The Morgan fingerprint density at radius 3 is 2.25 bits per heavy atom. The molecule has 2 aliphatic rings. The fourth-order valence-corrected chi connectivity index (χ4v) is 4.30. The van der Waals surface area contributed by atoms with E-state index in [1.54, 1.807) is 0 Å². The molecule has 0 bridgehead atoms. The quantitative estimate of drug-likeness (QED) is 0.782. The van der Waals surface area contributed by atoms with Crippen LogP contribution >= 0.6 is 0 Å². The van der Waals surface area contributed by atoms with E-state index in [0.717, 1.165) is 63.3 Å². The van der Waals surface area contributed by atoms with E-state index >= 15 is 0 Å². The number of hydrogen-bond donors (Lipinski definition) is 0. The summed E-state index contributed by atoms with van der Waals surface area (Å²) in [5.41, 5.74) is 1.15. The third kappa shape index (κ3) is 5.13. The van der Waals surface area contributed by atoms with Gasteiger partial charge in [0.1, 0.15) is 0 Å². The predicted octanol–water partition coefficient (Wildman–Crippen LogP) is 3.18. The highest BCUT2D eigenvalue weighted by atomic mass is 16.2. The maximum Gasteiger partial charge on any atom is 0.236 e. The van der Waals surface area contributed by atoms with Crippen LogP contribution in [0.15, 0.2) is 30.3 Å². The first-order valence-corrected chi connectivity index (χ1v) is 10.8. The molecular weight excluding hydrogens is 350 g/mol. The molecule has 2 amide bonds. The summed E-state index contributed by atoms with van der Waals surface area (Å²) in [6, 6.07) is 10.2. The summed E-state index contributed by atoms with van der Waals surface area (Å²) in [6.45, 7) is 8.28. The van der Waals surface area contributed by atoms with Crippen molar-refractivity contribution in [2.75, 3.05) is 39.8 Å². The number of carbonyl (C=O) groups excluding carboxylic acids is 2. The predicted molar refractivity (Wildman–Crippen MR) is 112 cm³/mol. The molecule has 28 heavy (non-hydrogen) atoms. The summed E-state index contributed by atoms with van der Waals surface area (Å²) in [4.78, 5) is 31.6. The van der Waals surface area contributed by atoms with Crippen LogP contribution in [0, 0.1) is 11.8 Å². The fraction of sp³-hybridized carbons (Fsp3) is 0.652. The first-order valence-electron chi connectivity index (χ1n) is 10.8. The largest absolute Gasteiger partial charge is 0.342 e. The van der Waals surface area contributed by atoms with Gasteiger partial charge in [0.2, 0.25) is 11.8 Å². The highest BCUT2D eigenvalue weighted by molar-refractivity contribution is 5.80. The molecule has 0 spiro atoms. The molecule has 1 aromatic carbocycles. The molecule has 1 aromatic rings. The van der Waals surface area contributed by atoms with Gasteiger partial charge in [-0.2, -0.15) is 0 Å². The Labute approximate surface area is 169 Å². The number of carbonyl (C=O) groups is 2. The van der Waals surface area contributed by atoms with Crippen molar-refractivity contribution in [3.8, 4) is 0 Å². The average Bonchev–Trinajstić information content (AvgIpc) is 2.74.